The lowest BCUT2D eigenvalue weighted by molar-refractivity contribution is 0.0527. The number of para-hydroxylation sites is 1. The lowest BCUT2D eigenvalue weighted by atomic mass is 10.1. The quantitative estimate of drug-likeness (QED) is 0.348. The summed E-state index contributed by atoms with van der Waals surface area (Å²) in [5.41, 5.74) is 13.9. The fourth-order valence-electron chi connectivity index (χ4n) is 2.59. The summed E-state index contributed by atoms with van der Waals surface area (Å²) in [6, 6.07) is 14.0. The minimum atomic E-state index is -0.461. The number of hydrogen-bond donors (Lipinski definition) is 4. The topological polar surface area (TPSA) is 131 Å². The zero-order valence-corrected chi connectivity index (χ0v) is 16.6. The van der Waals surface area contributed by atoms with E-state index in [9.17, 15) is 9.59 Å². The van der Waals surface area contributed by atoms with Crippen LogP contribution in [0.4, 0.5) is 23.0 Å². The van der Waals surface area contributed by atoms with Crippen LogP contribution < -0.4 is 21.9 Å². The lowest BCUT2D eigenvalue weighted by Crippen LogP contribution is -2.30. The Bertz CT molecular complexity index is 1050. The van der Waals surface area contributed by atoms with Crippen LogP contribution in [0.5, 0.6) is 0 Å². The number of nitrogen functional groups attached to an aromatic ring is 1. The van der Waals surface area contributed by atoms with Gasteiger partial charge in [-0.05, 0) is 38.1 Å². The van der Waals surface area contributed by atoms with E-state index in [1.54, 1.807) is 43.3 Å². The van der Waals surface area contributed by atoms with E-state index in [1.807, 2.05) is 19.1 Å². The summed E-state index contributed by atoms with van der Waals surface area (Å²) in [4.78, 5) is 32.6. The number of hydrogen-bond acceptors (Lipinski definition) is 8. The van der Waals surface area contributed by atoms with Crippen LogP contribution in [0.2, 0.25) is 0 Å². The fourth-order valence-corrected chi connectivity index (χ4v) is 2.59. The highest BCUT2D eigenvalue weighted by Gasteiger charge is 2.15. The number of aryl methyl sites for hydroxylation is 1. The number of rotatable bonds is 7. The molecule has 0 aliphatic heterocycles. The lowest BCUT2D eigenvalue weighted by Gasteiger charge is -2.15. The average molecular weight is 406 g/mol. The largest absolute Gasteiger partial charge is 0.462 e. The van der Waals surface area contributed by atoms with E-state index >= 15 is 0 Å². The highest BCUT2D eigenvalue weighted by molar-refractivity contribution is 5.97. The summed E-state index contributed by atoms with van der Waals surface area (Å²) >= 11 is 0. The molecule has 0 radical (unpaired) electrons. The number of hydrazine groups is 1. The molecule has 30 heavy (non-hydrogen) atoms. The third kappa shape index (κ3) is 4.82. The molecule has 0 unspecified atom stereocenters. The van der Waals surface area contributed by atoms with Crippen LogP contribution in [-0.4, -0.2) is 28.5 Å². The van der Waals surface area contributed by atoms with Gasteiger partial charge in [-0.15, -0.1) is 0 Å². The van der Waals surface area contributed by atoms with Gasteiger partial charge in [0.1, 0.15) is 12.0 Å². The molecule has 1 amide bonds. The molecule has 1 aromatic heterocycles. The second-order valence-corrected chi connectivity index (χ2v) is 6.32. The minimum Gasteiger partial charge on any atom is -0.462 e. The molecule has 9 nitrogen and oxygen atoms in total. The maximum atomic E-state index is 12.3. The van der Waals surface area contributed by atoms with Crippen molar-refractivity contribution in [1.29, 1.82) is 0 Å². The van der Waals surface area contributed by atoms with E-state index in [1.165, 1.54) is 6.33 Å². The number of esters is 1. The molecule has 0 saturated carbocycles. The van der Waals surface area contributed by atoms with E-state index in [0.29, 0.717) is 16.8 Å². The normalized spacial score (nSPS) is 10.2. The van der Waals surface area contributed by atoms with Crippen LogP contribution in [0.3, 0.4) is 0 Å². The zero-order chi connectivity index (χ0) is 21.5. The Kier molecular flexibility index (Phi) is 6.43. The molecule has 1 heterocycles. The van der Waals surface area contributed by atoms with Crippen LogP contribution in [0.25, 0.3) is 0 Å². The van der Waals surface area contributed by atoms with Gasteiger partial charge in [0.2, 0.25) is 0 Å². The second kappa shape index (κ2) is 9.37. The number of benzene rings is 2. The van der Waals surface area contributed by atoms with Crippen molar-refractivity contribution in [1.82, 2.24) is 15.4 Å². The van der Waals surface area contributed by atoms with Crippen molar-refractivity contribution in [2.45, 2.75) is 13.8 Å². The average Bonchev–Trinajstić information content (AvgIpc) is 2.75. The summed E-state index contributed by atoms with van der Waals surface area (Å²) in [7, 11) is 0. The Morgan fingerprint density at radius 2 is 1.73 bits per heavy atom. The SMILES string of the molecule is CCOC(=O)c1ccccc1Nc1ncnc(NNC(=O)c2ccc(C)cc2)c1N. The second-order valence-electron chi connectivity index (χ2n) is 6.32. The van der Waals surface area contributed by atoms with Crippen molar-refractivity contribution in [3.05, 3.63) is 71.5 Å². The van der Waals surface area contributed by atoms with E-state index < -0.39 is 5.97 Å². The number of nitrogens with two attached hydrogens (primary N) is 1. The van der Waals surface area contributed by atoms with Gasteiger partial charge in [0.25, 0.3) is 5.91 Å². The Hall–Kier alpha value is -4.14. The van der Waals surface area contributed by atoms with Crippen molar-refractivity contribution >= 4 is 34.9 Å². The number of amides is 1. The zero-order valence-electron chi connectivity index (χ0n) is 16.6. The molecular formula is C21H22N6O3. The summed E-state index contributed by atoms with van der Waals surface area (Å²) in [6.45, 7) is 3.94. The molecule has 0 aliphatic carbocycles. The molecule has 0 saturated heterocycles. The van der Waals surface area contributed by atoms with Crippen molar-refractivity contribution in [2.75, 3.05) is 23.1 Å². The maximum Gasteiger partial charge on any atom is 0.340 e. The Balaban J connectivity index is 1.75. The van der Waals surface area contributed by atoms with Gasteiger partial charge in [-0.2, -0.15) is 0 Å². The predicted octanol–water partition coefficient (Wildman–Crippen LogP) is 3.04. The van der Waals surface area contributed by atoms with Crippen LogP contribution >= 0.6 is 0 Å². The van der Waals surface area contributed by atoms with Gasteiger partial charge in [-0.1, -0.05) is 29.8 Å². The van der Waals surface area contributed by atoms with Crippen molar-refractivity contribution in [3.63, 3.8) is 0 Å². The summed E-state index contributed by atoms with van der Waals surface area (Å²) < 4.78 is 5.07. The van der Waals surface area contributed by atoms with Crippen LogP contribution in [0.1, 0.15) is 33.2 Å². The molecule has 0 fully saturated rings. The van der Waals surface area contributed by atoms with Gasteiger partial charge >= 0.3 is 5.97 Å². The highest BCUT2D eigenvalue weighted by Crippen LogP contribution is 2.27. The molecule has 9 heteroatoms. The third-order valence-electron chi connectivity index (χ3n) is 4.17. The van der Waals surface area contributed by atoms with E-state index in [4.69, 9.17) is 10.5 Å². The van der Waals surface area contributed by atoms with Gasteiger partial charge in [-0.25, -0.2) is 14.8 Å². The fraction of sp³-hybridized carbons (Fsp3) is 0.143. The molecule has 2 aromatic carbocycles. The number of nitrogens with zero attached hydrogens (tertiary/aromatic N) is 2. The monoisotopic (exact) mass is 406 g/mol. The molecule has 154 valence electrons. The molecule has 0 bridgehead atoms. The van der Waals surface area contributed by atoms with Crippen LogP contribution in [-0.2, 0) is 4.74 Å². The van der Waals surface area contributed by atoms with Crippen LogP contribution in [0, 0.1) is 6.92 Å². The van der Waals surface area contributed by atoms with Crippen molar-refractivity contribution in [2.24, 2.45) is 0 Å². The van der Waals surface area contributed by atoms with Gasteiger partial charge in [-0.3, -0.25) is 15.6 Å². The van der Waals surface area contributed by atoms with Gasteiger partial charge in [0.15, 0.2) is 11.6 Å². The highest BCUT2D eigenvalue weighted by atomic mass is 16.5. The molecule has 3 rings (SSSR count). The van der Waals surface area contributed by atoms with Gasteiger partial charge in [0, 0.05) is 5.56 Å². The van der Waals surface area contributed by atoms with E-state index in [-0.39, 0.29) is 29.8 Å². The number of anilines is 4. The van der Waals surface area contributed by atoms with Crippen LogP contribution in [0.15, 0.2) is 54.9 Å². The minimum absolute atomic E-state index is 0.167. The number of carbonyl (C=O) groups excluding carboxylic acids is 2. The first kappa shape index (κ1) is 20.6. The summed E-state index contributed by atoms with van der Waals surface area (Å²) in [6.07, 6.45) is 1.28. The molecule has 0 spiro atoms. The van der Waals surface area contributed by atoms with Gasteiger partial charge < -0.3 is 15.8 Å². The summed E-state index contributed by atoms with van der Waals surface area (Å²) in [5, 5.41) is 3.02. The molecule has 3 aromatic rings. The smallest absolute Gasteiger partial charge is 0.340 e. The third-order valence-corrected chi connectivity index (χ3v) is 4.17. The molecular weight excluding hydrogens is 384 g/mol. The van der Waals surface area contributed by atoms with Gasteiger partial charge in [0.05, 0.1) is 17.9 Å². The number of ether oxygens (including phenoxy) is 1. The first-order valence-electron chi connectivity index (χ1n) is 9.26. The number of nitrogens with one attached hydrogen (secondary N) is 3. The Labute approximate surface area is 173 Å². The first-order valence-corrected chi connectivity index (χ1v) is 9.26. The van der Waals surface area contributed by atoms with Crippen molar-refractivity contribution in [3.8, 4) is 0 Å². The summed E-state index contributed by atoms with van der Waals surface area (Å²) in [5.74, 6) is -0.317. The maximum absolute atomic E-state index is 12.3. The standard InChI is InChI=1S/C21H22N6O3/c1-3-30-21(29)15-6-4-5-7-16(15)25-18-17(22)19(24-12-23-18)26-27-20(28)14-10-8-13(2)9-11-14/h4-12H,3,22H2,1-2H3,(H,27,28)(H2,23,24,25,26). The number of aromatic nitrogens is 2. The van der Waals surface area contributed by atoms with Crippen molar-refractivity contribution < 1.29 is 14.3 Å². The Morgan fingerprint density at radius 1 is 1.03 bits per heavy atom. The molecule has 0 atom stereocenters. The number of carbonyl (C=O) groups is 2. The first-order chi connectivity index (χ1) is 14.5. The van der Waals surface area contributed by atoms with E-state index in [2.05, 4.69) is 26.1 Å². The van der Waals surface area contributed by atoms with E-state index in [0.717, 1.165) is 5.56 Å². The molecule has 5 N–H and O–H groups in total. The molecule has 0 aliphatic rings. The Morgan fingerprint density at radius 3 is 2.47 bits per heavy atom. The predicted molar refractivity (Wildman–Crippen MR) is 114 cm³/mol.